The molecule has 1 heterocycles. The molecule has 2 saturated carbocycles. The second-order valence-corrected chi connectivity index (χ2v) is 8.82. The number of hydrogen-bond donors (Lipinski definition) is 2. The Labute approximate surface area is 160 Å². The number of aryl methyl sites for hydroxylation is 1. The number of rotatable bonds is 8. The summed E-state index contributed by atoms with van der Waals surface area (Å²) >= 11 is 1.37. The first-order valence-corrected chi connectivity index (χ1v) is 10.8. The zero-order valence-corrected chi connectivity index (χ0v) is 16.8. The molecule has 5 nitrogen and oxygen atoms in total. The van der Waals surface area contributed by atoms with Gasteiger partial charge >= 0.3 is 0 Å². The Morgan fingerprint density at radius 1 is 1.19 bits per heavy atom. The molecule has 3 rings (SSSR count). The first kappa shape index (κ1) is 19.4. The maximum absolute atomic E-state index is 12.4. The van der Waals surface area contributed by atoms with Crippen molar-refractivity contribution in [2.24, 2.45) is 5.92 Å². The third kappa shape index (κ3) is 5.30. The van der Waals surface area contributed by atoms with Gasteiger partial charge in [-0.1, -0.05) is 19.3 Å². The Kier molecular flexibility index (Phi) is 6.70. The summed E-state index contributed by atoms with van der Waals surface area (Å²) in [5.74, 6) is 0.236. The van der Waals surface area contributed by atoms with Crippen molar-refractivity contribution < 1.29 is 9.59 Å². The van der Waals surface area contributed by atoms with Gasteiger partial charge < -0.3 is 15.5 Å². The number of nitrogens with zero attached hydrogens (tertiary/aromatic N) is 1. The van der Waals surface area contributed by atoms with Crippen molar-refractivity contribution in [3.05, 3.63) is 16.5 Å². The lowest BCUT2D eigenvalue weighted by Gasteiger charge is -2.31. The van der Waals surface area contributed by atoms with Crippen LogP contribution in [-0.2, 0) is 4.79 Å². The Hall–Kier alpha value is -1.40. The van der Waals surface area contributed by atoms with E-state index in [1.165, 1.54) is 43.4 Å². The Morgan fingerprint density at radius 3 is 2.62 bits per heavy atom. The number of carbonyl (C=O) groups is 2. The fourth-order valence-electron chi connectivity index (χ4n) is 3.65. The highest BCUT2D eigenvalue weighted by Gasteiger charge is 2.30. The molecule has 6 heteroatoms. The number of hydrogen-bond acceptors (Lipinski definition) is 4. The minimum absolute atomic E-state index is 0.0280. The second-order valence-electron chi connectivity index (χ2n) is 7.77. The Morgan fingerprint density at radius 2 is 1.92 bits per heavy atom. The second kappa shape index (κ2) is 9.00. The zero-order chi connectivity index (χ0) is 18.5. The summed E-state index contributed by atoms with van der Waals surface area (Å²) in [6, 6.07) is 2.62. The Balaban J connectivity index is 1.40. The smallest absolute Gasteiger partial charge is 0.261 e. The van der Waals surface area contributed by atoms with Gasteiger partial charge in [-0.2, -0.15) is 0 Å². The Bertz CT molecular complexity index is 633. The molecule has 2 aliphatic carbocycles. The summed E-state index contributed by atoms with van der Waals surface area (Å²) in [5, 5.41) is 6.74. The molecule has 26 heavy (non-hydrogen) atoms. The molecule has 0 atom stereocenters. The van der Waals surface area contributed by atoms with E-state index < -0.39 is 0 Å². The third-order valence-corrected chi connectivity index (χ3v) is 6.64. The highest BCUT2D eigenvalue weighted by atomic mass is 32.1. The van der Waals surface area contributed by atoms with Crippen LogP contribution in [0.15, 0.2) is 6.07 Å². The molecule has 0 bridgehead atoms. The van der Waals surface area contributed by atoms with E-state index in [0.717, 1.165) is 42.4 Å². The van der Waals surface area contributed by atoms with Gasteiger partial charge in [0.25, 0.3) is 5.91 Å². The van der Waals surface area contributed by atoms with Crippen molar-refractivity contribution in [3.63, 3.8) is 0 Å². The summed E-state index contributed by atoms with van der Waals surface area (Å²) in [6.45, 7) is 3.64. The van der Waals surface area contributed by atoms with Crippen LogP contribution in [-0.4, -0.2) is 42.9 Å². The quantitative estimate of drug-likeness (QED) is 0.678. The lowest BCUT2D eigenvalue weighted by atomic mass is 9.94. The number of nitrogens with one attached hydrogen (secondary N) is 2. The zero-order valence-electron chi connectivity index (χ0n) is 16.0. The van der Waals surface area contributed by atoms with E-state index in [-0.39, 0.29) is 17.7 Å². The average molecular weight is 378 g/mol. The molecule has 0 unspecified atom stereocenters. The average Bonchev–Trinajstić information content (AvgIpc) is 3.43. The fraction of sp³-hybridized carbons (Fsp3) is 0.700. The van der Waals surface area contributed by atoms with Gasteiger partial charge in [0.1, 0.15) is 0 Å². The number of amides is 2. The van der Waals surface area contributed by atoms with E-state index in [2.05, 4.69) is 22.6 Å². The molecule has 0 radical (unpaired) electrons. The third-order valence-electron chi connectivity index (χ3n) is 5.49. The minimum Gasteiger partial charge on any atom is -0.351 e. The van der Waals surface area contributed by atoms with Crippen molar-refractivity contribution >= 4 is 28.2 Å². The van der Waals surface area contributed by atoms with Crippen molar-refractivity contribution in [1.29, 1.82) is 0 Å². The van der Waals surface area contributed by atoms with Gasteiger partial charge in [-0.15, -0.1) is 11.3 Å². The first-order valence-electron chi connectivity index (χ1n) is 9.94. The highest BCUT2D eigenvalue weighted by molar-refractivity contribution is 7.18. The summed E-state index contributed by atoms with van der Waals surface area (Å²) in [7, 11) is 2.20. The van der Waals surface area contributed by atoms with Gasteiger partial charge in [0.15, 0.2) is 0 Å². The molecule has 0 aliphatic heterocycles. The van der Waals surface area contributed by atoms with Crippen LogP contribution in [0.2, 0.25) is 0 Å². The normalized spacial score (nSPS) is 18.1. The van der Waals surface area contributed by atoms with Crippen molar-refractivity contribution in [2.75, 3.05) is 25.5 Å². The molecule has 1 aromatic rings. The van der Waals surface area contributed by atoms with Gasteiger partial charge in [0.05, 0.1) is 9.88 Å². The van der Waals surface area contributed by atoms with Crippen LogP contribution < -0.4 is 10.6 Å². The topological polar surface area (TPSA) is 61.4 Å². The van der Waals surface area contributed by atoms with Crippen molar-refractivity contribution in [1.82, 2.24) is 10.2 Å². The van der Waals surface area contributed by atoms with Gasteiger partial charge in [-0.3, -0.25) is 9.59 Å². The van der Waals surface area contributed by atoms with Gasteiger partial charge in [-0.25, -0.2) is 0 Å². The van der Waals surface area contributed by atoms with Crippen LogP contribution in [0.3, 0.4) is 0 Å². The maximum atomic E-state index is 12.4. The summed E-state index contributed by atoms with van der Waals surface area (Å²) in [5.41, 5.74) is 0.929. The molecular formula is C20H31N3O2S. The molecule has 0 saturated heterocycles. The highest BCUT2D eigenvalue weighted by Crippen LogP contribution is 2.32. The molecule has 2 amide bonds. The lowest BCUT2D eigenvalue weighted by Crippen LogP contribution is -2.35. The van der Waals surface area contributed by atoms with Crippen LogP contribution in [0.1, 0.15) is 66.6 Å². The molecule has 1 aromatic heterocycles. The maximum Gasteiger partial charge on any atom is 0.261 e. The van der Waals surface area contributed by atoms with Crippen LogP contribution in [0.4, 0.5) is 5.00 Å². The van der Waals surface area contributed by atoms with Crippen LogP contribution in [0, 0.1) is 12.8 Å². The van der Waals surface area contributed by atoms with Crippen molar-refractivity contribution in [2.45, 2.75) is 64.3 Å². The monoisotopic (exact) mass is 377 g/mol. The summed E-state index contributed by atoms with van der Waals surface area (Å²) in [6.07, 6.45) is 9.64. The van der Waals surface area contributed by atoms with Gasteiger partial charge in [0, 0.05) is 18.5 Å². The van der Waals surface area contributed by atoms with E-state index in [4.69, 9.17) is 0 Å². The van der Waals surface area contributed by atoms with E-state index in [1.54, 1.807) is 0 Å². The number of anilines is 1. The molecule has 2 aliphatic rings. The number of carbonyl (C=O) groups excluding carboxylic acids is 2. The van der Waals surface area contributed by atoms with Crippen molar-refractivity contribution in [3.8, 4) is 0 Å². The molecule has 0 aromatic carbocycles. The summed E-state index contributed by atoms with van der Waals surface area (Å²) in [4.78, 5) is 27.4. The van der Waals surface area contributed by atoms with Gasteiger partial charge in [0.2, 0.25) is 5.91 Å². The molecule has 144 valence electrons. The van der Waals surface area contributed by atoms with Crippen LogP contribution in [0.5, 0.6) is 0 Å². The van der Waals surface area contributed by atoms with E-state index in [1.807, 2.05) is 13.0 Å². The standard InChI is InChI=1S/C20H31N3O2S/c1-14-13-17(22-19(24)15-9-10-15)26-18(14)20(25)21-11-6-12-23(2)16-7-4-3-5-8-16/h13,15-16H,3-12H2,1-2H3,(H,21,25)(H,22,24). The number of thiophene rings is 1. The predicted molar refractivity (Wildman–Crippen MR) is 107 cm³/mol. The van der Waals surface area contributed by atoms with E-state index in [9.17, 15) is 9.59 Å². The lowest BCUT2D eigenvalue weighted by molar-refractivity contribution is -0.117. The SMILES string of the molecule is Cc1cc(NC(=O)C2CC2)sc1C(=O)NCCCN(C)C1CCCCC1. The minimum atomic E-state index is -0.0280. The predicted octanol–water partition coefficient (Wildman–Crippen LogP) is 3.79. The largest absolute Gasteiger partial charge is 0.351 e. The first-order chi connectivity index (χ1) is 12.5. The van der Waals surface area contributed by atoms with Gasteiger partial charge in [-0.05, 0) is 64.3 Å². The van der Waals surface area contributed by atoms with Crippen LogP contribution in [0.25, 0.3) is 0 Å². The molecule has 2 N–H and O–H groups in total. The molecular weight excluding hydrogens is 346 g/mol. The molecule has 2 fully saturated rings. The van der Waals surface area contributed by atoms with Crippen LogP contribution >= 0.6 is 11.3 Å². The fourth-order valence-corrected chi connectivity index (χ4v) is 4.65. The van der Waals surface area contributed by atoms with E-state index in [0.29, 0.717) is 11.4 Å². The summed E-state index contributed by atoms with van der Waals surface area (Å²) < 4.78 is 0. The van der Waals surface area contributed by atoms with E-state index >= 15 is 0 Å². The molecule has 0 spiro atoms.